The molecule has 136 valence electrons. The van der Waals surface area contributed by atoms with E-state index in [1.165, 1.54) is 17.5 Å². The maximum absolute atomic E-state index is 12.0. The van der Waals surface area contributed by atoms with Crippen LogP contribution in [0.25, 0.3) is 0 Å². The molecule has 1 aromatic carbocycles. The van der Waals surface area contributed by atoms with Gasteiger partial charge in [-0.05, 0) is 55.4 Å². The first-order valence-electron chi connectivity index (χ1n) is 9.09. The third-order valence-corrected chi connectivity index (χ3v) is 5.19. The van der Waals surface area contributed by atoms with Crippen LogP contribution in [0.1, 0.15) is 43.2 Å². The Labute approximate surface area is 149 Å². The van der Waals surface area contributed by atoms with E-state index < -0.39 is 5.97 Å². The lowest BCUT2D eigenvalue weighted by atomic mass is 9.82. The van der Waals surface area contributed by atoms with Crippen LogP contribution in [0.3, 0.4) is 0 Å². The van der Waals surface area contributed by atoms with Crippen molar-refractivity contribution in [3.8, 4) is 5.75 Å². The summed E-state index contributed by atoms with van der Waals surface area (Å²) < 4.78 is 10.5. The summed E-state index contributed by atoms with van der Waals surface area (Å²) in [6, 6.07) is 6.36. The molecule has 1 atom stereocenters. The quantitative estimate of drug-likeness (QED) is 0.831. The van der Waals surface area contributed by atoms with Gasteiger partial charge in [0.05, 0.1) is 19.3 Å². The summed E-state index contributed by atoms with van der Waals surface area (Å²) in [5, 5.41) is 10.1. The molecule has 1 aliphatic heterocycles. The Balaban J connectivity index is 1.73. The molecular weight excluding hydrogens is 318 g/mol. The molecule has 0 spiro atoms. The molecule has 1 unspecified atom stereocenters. The van der Waals surface area contributed by atoms with E-state index in [1.54, 1.807) is 14.0 Å². The van der Waals surface area contributed by atoms with Crippen LogP contribution < -0.4 is 4.74 Å². The van der Waals surface area contributed by atoms with Gasteiger partial charge in [-0.1, -0.05) is 6.07 Å². The van der Waals surface area contributed by atoms with E-state index in [1.807, 2.05) is 6.07 Å². The molecule has 5 heteroatoms. The van der Waals surface area contributed by atoms with E-state index in [0.29, 0.717) is 31.1 Å². The van der Waals surface area contributed by atoms with E-state index in [2.05, 4.69) is 17.0 Å². The van der Waals surface area contributed by atoms with E-state index in [-0.39, 0.29) is 5.76 Å². The molecule has 25 heavy (non-hydrogen) atoms. The van der Waals surface area contributed by atoms with Crippen molar-refractivity contribution in [2.75, 3.05) is 33.4 Å². The maximum atomic E-state index is 12.0. The Morgan fingerprint density at radius 3 is 2.96 bits per heavy atom. The van der Waals surface area contributed by atoms with Crippen LogP contribution in [0, 0.1) is 0 Å². The van der Waals surface area contributed by atoms with Gasteiger partial charge in [0.1, 0.15) is 11.5 Å². The number of carbonyl (C=O) groups is 1. The minimum Gasteiger partial charge on any atom is -0.512 e. The predicted molar refractivity (Wildman–Crippen MR) is 96.0 cm³/mol. The zero-order valence-corrected chi connectivity index (χ0v) is 15.1. The number of fused-ring (bicyclic) bond motifs is 1. The molecule has 5 nitrogen and oxygen atoms in total. The van der Waals surface area contributed by atoms with Crippen molar-refractivity contribution in [3.05, 3.63) is 40.7 Å². The number of nitrogens with zero attached hydrogens (tertiary/aromatic N) is 1. The SMILES string of the molecule is CCOC(=O)C1=C(O)CCN(CC2CCCc3ccc(OC)cc32)C1. The number of carbonyl (C=O) groups excluding carboxylic acids is 1. The zero-order valence-electron chi connectivity index (χ0n) is 15.1. The fourth-order valence-electron chi connectivity index (χ4n) is 3.87. The molecule has 0 saturated carbocycles. The highest BCUT2D eigenvalue weighted by Crippen LogP contribution is 2.35. The maximum Gasteiger partial charge on any atom is 0.338 e. The summed E-state index contributed by atoms with van der Waals surface area (Å²) in [5.41, 5.74) is 3.18. The molecule has 2 aliphatic rings. The number of aryl methyl sites for hydroxylation is 1. The fraction of sp³-hybridized carbons (Fsp3) is 0.550. The number of esters is 1. The predicted octanol–water partition coefficient (Wildman–Crippen LogP) is 3.20. The summed E-state index contributed by atoms with van der Waals surface area (Å²) in [5.74, 6) is 1.12. The Kier molecular flexibility index (Phi) is 5.63. The van der Waals surface area contributed by atoms with Crippen LogP contribution in [0.15, 0.2) is 29.5 Å². The van der Waals surface area contributed by atoms with Gasteiger partial charge in [-0.2, -0.15) is 0 Å². The van der Waals surface area contributed by atoms with Crippen molar-refractivity contribution in [2.45, 2.75) is 38.5 Å². The fourth-order valence-corrected chi connectivity index (χ4v) is 3.87. The summed E-state index contributed by atoms with van der Waals surface area (Å²) in [7, 11) is 1.70. The minimum absolute atomic E-state index is 0.181. The van der Waals surface area contributed by atoms with Crippen LogP contribution in [0.2, 0.25) is 0 Å². The number of aliphatic hydroxyl groups excluding tert-OH is 1. The van der Waals surface area contributed by atoms with Gasteiger partial charge in [-0.15, -0.1) is 0 Å². The molecule has 1 N–H and O–H groups in total. The molecule has 0 fully saturated rings. The van der Waals surface area contributed by atoms with Gasteiger partial charge in [0.15, 0.2) is 0 Å². The Morgan fingerprint density at radius 2 is 2.20 bits per heavy atom. The number of benzene rings is 1. The van der Waals surface area contributed by atoms with Crippen molar-refractivity contribution < 1.29 is 19.4 Å². The van der Waals surface area contributed by atoms with Crippen molar-refractivity contribution in [2.24, 2.45) is 0 Å². The standard InChI is InChI=1S/C20H27NO4/c1-3-25-20(23)18-13-21(10-9-19(18)22)12-15-6-4-5-14-7-8-16(24-2)11-17(14)15/h7-8,11,15,22H,3-6,9-10,12-13H2,1-2H3. The number of ether oxygens (including phenoxy) is 2. The first kappa shape index (κ1) is 17.8. The van der Waals surface area contributed by atoms with E-state index >= 15 is 0 Å². The summed E-state index contributed by atoms with van der Waals surface area (Å²) in [6.07, 6.45) is 3.95. The third kappa shape index (κ3) is 3.98. The van der Waals surface area contributed by atoms with E-state index in [4.69, 9.17) is 9.47 Å². The average Bonchev–Trinajstić information content (AvgIpc) is 2.63. The van der Waals surface area contributed by atoms with Gasteiger partial charge < -0.3 is 14.6 Å². The molecule has 3 rings (SSSR count). The van der Waals surface area contributed by atoms with Crippen LogP contribution in [0.4, 0.5) is 0 Å². The highest BCUT2D eigenvalue weighted by atomic mass is 16.5. The Bertz CT molecular complexity index is 668. The highest BCUT2D eigenvalue weighted by Gasteiger charge is 2.28. The van der Waals surface area contributed by atoms with Crippen molar-refractivity contribution >= 4 is 5.97 Å². The van der Waals surface area contributed by atoms with Gasteiger partial charge in [0.25, 0.3) is 0 Å². The molecule has 0 amide bonds. The Morgan fingerprint density at radius 1 is 1.36 bits per heavy atom. The molecule has 1 aliphatic carbocycles. The molecule has 0 radical (unpaired) electrons. The van der Waals surface area contributed by atoms with E-state index in [9.17, 15) is 9.90 Å². The lowest BCUT2D eigenvalue weighted by molar-refractivity contribution is -0.139. The first-order chi connectivity index (χ1) is 12.1. The number of hydrogen-bond acceptors (Lipinski definition) is 5. The van der Waals surface area contributed by atoms with Gasteiger partial charge in [0, 0.05) is 26.1 Å². The van der Waals surface area contributed by atoms with Crippen molar-refractivity contribution in [1.82, 2.24) is 4.90 Å². The smallest absolute Gasteiger partial charge is 0.338 e. The topological polar surface area (TPSA) is 59.0 Å². The number of rotatable bonds is 5. The number of methoxy groups -OCH3 is 1. The summed E-state index contributed by atoms with van der Waals surface area (Å²) in [6.45, 7) is 4.22. The van der Waals surface area contributed by atoms with Crippen LogP contribution in [0.5, 0.6) is 5.75 Å². The zero-order chi connectivity index (χ0) is 17.8. The molecule has 0 saturated heterocycles. The Hall–Kier alpha value is -2.01. The second-order valence-electron chi connectivity index (χ2n) is 6.78. The lowest BCUT2D eigenvalue weighted by Crippen LogP contribution is -2.38. The normalized spacial score (nSPS) is 21.0. The minimum atomic E-state index is -0.393. The summed E-state index contributed by atoms with van der Waals surface area (Å²) >= 11 is 0. The summed E-state index contributed by atoms with van der Waals surface area (Å²) in [4.78, 5) is 14.3. The molecule has 1 aromatic rings. The van der Waals surface area contributed by atoms with Crippen LogP contribution in [-0.4, -0.2) is 49.3 Å². The monoisotopic (exact) mass is 345 g/mol. The second-order valence-corrected chi connectivity index (χ2v) is 6.78. The molecular formula is C20H27NO4. The van der Waals surface area contributed by atoms with Gasteiger partial charge in [0.2, 0.25) is 0 Å². The average molecular weight is 345 g/mol. The molecule has 0 aromatic heterocycles. The van der Waals surface area contributed by atoms with Gasteiger partial charge >= 0.3 is 5.97 Å². The van der Waals surface area contributed by atoms with Crippen LogP contribution >= 0.6 is 0 Å². The molecule has 1 heterocycles. The van der Waals surface area contributed by atoms with Crippen molar-refractivity contribution in [1.29, 1.82) is 0 Å². The number of aliphatic hydroxyl groups is 1. The largest absolute Gasteiger partial charge is 0.512 e. The highest BCUT2D eigenvalue weighted by molar-refractivity contribution is 5.89. The third-order valence-electron chi connectivity index (χ3n) is 5.19. The van der Waals surface area contributed by atoms with Crippen LogP contribution in [-0.2, 0) is 16.0 Å². The van der Waals surface area contributed by atoms with Gasteiger partial charge in [-0.3, -0.25) is 4.90 Å². The van der Waals surface area contributed by atoms with Crippen molar-refractivity contribution in [3.63, 3.8) is 0 Å². The lowest BCUT2D eigenvalue weighted by Gasteiger charge is -2.34. The van der Waals surface area contributed by atoms with Gasteiger partial charge in [-0.25, -0.2) is 4.79 Å². The first-order valence-corrected chi connectivity index (χ1v) is 9.09. The molecule has 0 bridgehead atoms. The second kappa shape index (κ2) is 7.91. The number of hydrogen-bond donors (Lipinski definition) is 1. The van der Waals surface area contributed by atoms with E-state index in [0.717, 1.165) is 31.7 Å².